The van der Waals surface area contributed by atoms with Crippen LogP contribution in [-0.2, 0) is 0 Å². The van der Waals surface area contributed by atoms with Gasteiger partial charge in [-0.3, -0.25) is 0 Å². The molecule has 4 aromatic carbocycles. The number of rotatable bonds is 1. The molecule has 5 rings (SSSR count). The van der Waals surface area contributed by atoms with Gasteiger partial charge in [0, 0.05) is 16.2 Å². The highest BCUT2D eigenvalue weighted by Gasteiger charge is 2.11. The van der Waals surface area contributed by atoms with Crippen molar-refractivity contribution in [1.82, 2.24) is 0 Å². The van der Waals surface area contributed by atoms with Crippen molar-refractivity contribution in [2.45, 2.75) is 0 Å². The molecule has 5 aromatic rings. The second kappa shape index (κ2) is 4.50. The van der Waals surface area contributed by atoms with Gasteiger partial charge in [-0.1, -0.05) is 30.3 Å². The third-order valence-corrected chi connectivity index (χ3v) is 4.53. The van der Waals surface area contributed by atoms with E-state index < -0.39 is 0 Å². The number of benzene rings is 4. The molecule has 0 bridgehead atoms. The fraction of sp³-hybridized carbons (Fsp3) is 0.0476. The predicted octanol–water partition coefficient (Wildman–Crippen LogP) is 5.90. The van der Waals surface area contributed by atoms with Gasteiger partial charge in [-0.15, -0.1) is 0 Å². The third kappa shape index (κ3) is 1.75. The van der Waals surface area contributed by atoms with Crippen LogP contribution in [0, 0.1) is 0 Å². The summed E-state index contributed by atoms with van der Waals surface area (Å²) in [5, 5.41) is 7.04. The average molecular weight is 298 g/mol. The minimum Gasteiger partial charge on any atom is -0.497 e. The van der Waals surface area contributed by atoms with Crippen LogP contribution in [0.3, 0.4) is 0 Å². The normalized spacial score (nSPS) is 11.7. The topological polar surface area (TPSA) is 22.4 Å². The van der Waals surface area contributed by atoms with Crippen LogP contribution < -0.4 is 4.74 Å². The molecule has 0 aliphatic heterocycles. The van der Waals surface area contributed by atoms with Crippen molar-refractivity contribution in [2.24, 2.45) is 0 Å². The second-order valence-corrected chi connectivity index (χ2v) is 5.83. The molecule has 0 spiro atoms. The van der Waals surface area contributed by atoms with E-state index in [0.717, 1.165) is 33.1 Å². The molecule has 0 atom stereocenters. The van der Waals surface area contributed by atoms with Crippen LogP contribution in [0.15, 0.2) is 71.1 Å². The second-order valence-electron chi connectivity index (χ2n) is 5.83. The van der Waals surface area contributed by atoms with E-state index in [1.54, 1.807) is 7.11 Å². The number of ether oxygens (including phenoxy) is 1. The van der Waals surface area contributed by atoms with Gasteiger partial charge in [0.05, 0.1) is 7.11 Å². The lowest BCUT2D eigenvalue weighted by Crippen LogP contribution is -1.80. The van der Waals surface area contributed by atoms with Gasteiger partial charge in [-0.2, -0.15) is 0 Å². The van der Waals surface area contributed by atoms with Crippen molar-refractivity contribution in [3.05, 3.63) is 66.7 Å². The van der Waals surface area contributed by atoms with Crippen LogP contribution in [0.1, 0.15) is 0 Å². The van der Waals surface area contributed by atoms with Crippen molar-refractivity contribution in [2.75, 3.05) is 7.11 Å². The molecule has 0 fully saturated rings. The summed E-state index contributed by atoms with van der Waals surface area (Å²) >= 11 is 0. The van der Waals surface area contributed by atoms with Gasteiger partial charge in [-0.05, 0) is 52.6 Å². The molecule has 110 valence electrons. The number of fused-ring (bicyclic) bond motifs is 6. The van der Waals surface area contributed by atoms with E-state index in [-0.39, 0.29) is 0 Å². The Labute approximate surface area is 132 Å². The Bertz CT molecular complexity index is 1200. The summed E-state index contributed by atoms with van der Waals surface area (Å²) in [4.78, 5) is 0. The van der Waals surface area contributed by atoms with Gasteiger partial charge in [0.1, 0.15) is 16.9 Å². The minimum absolute atomic E-state index is 0.846. The van der Waals surface area contributed by atoms with Crippen molar-refractivity contribution >= 4 is 43.5 Å². The first kappa shape index (κ1) is 12.5. The first-order valence-corrected chi connectivity index (χ1v) is 7.65. The van der Waals surface area contributed by atoms with E-state index in [4.69, 9.17) is 9.15 Å². The molecule has 0 amide bonds. The van der Waals surface area contributed by atoms with E-state index in [9.17, 15) is 0 Å². The number of methoxy groups -OCH3 is 1. The maximum atomic E-state index is 6.16. The highest BCUT2D eigenvalue weighted by molar-refractivity contribution is 6.17. The van der Waals surface area contributed by atoms with E-state index >= 15 is 0 Å². The van der Waals surface area contributed by atoms with E-state index in [1.807, 2.05) is 18.2 Å². The molecule has 0 aliphatic carbocycles. The van der Waals surface area contributed by atoms with Crippen molar-refractivity contribution in [3.63, 3.8) is 0 Å². The summed E-state index contributed by atoms with van der Waals surface area (Å²) in [7, 11) is 1.69. The van der Waals surface area contributed by atoms with Gasteiger partial charge in [0.2, 0.25) is 0 Å². The van der Waals surface area contributed by atoms with Gasteiger partial charge >= 0.3 is 0 Å². The highest BCUT2D eigenvalue weighted by atomic mass is 16.5. The molecule has 2 heteroatoms. The Morgan fingerprint density at radius 1 is 0.696 bits per heavy atom. The van der Waals surface area contributed by atoms with Crippen LogP contribution in [0.5, 0.6) is 5.75 Å². The van der Waals surface area contributed by atoms with E-state index in [2.05, 4.69) is 48.5 Å². The van der Waals surface area contributed by atoms with Crippen LogP contribution >= 0.6 is 0 Å². The fourth-order valence-electron chi connectivity index (χ4n) is 3.35. The lowest BCUT2D eigenvalue weighted by atomic mass is 10.0. The van der Waals surface area contributed by atoms with Crippen LogP contribution in [0.2, 0.25) is 0 Å². The molecule has 0 saturated carbocycles. The Morgan fingerprint density at radius 3 is 2.35 bits per heavy atom. The molecular weight excluding hydrogens is 284 g/mol. The standard InChI is InChI=1S/C21H14O2/c1-22-16-7-9-20-19(12-16)17-8-6-15-10-13-4-2-3-5-14(13)11-18(15)21(17)23-20/h2-12H,1H3. The monoisotopic (exact) mass is 298 g/mol. The molecule has 0 unspecified atom stereocenters. The van der Waals surface area contributed by atoms with E-state index in [1.165, 1.54) is 16.2 Å². The Hall–Kier alpha value is -3.00. The minimum atomic E-state index is 0.846. The largest absolute Gasteiger partial charge is 0.497 e. The number of hydrogen-bond donors (Lipinski definition) is 0. The Kier molecular flexibility index (Phi) is 2.45. The maximum Gasteiger partial charge on any atom is 0.143 e. The predicted molar refractivity (Wildman–Crippen MR) is 95.3 cm³/mol. The molecule has 1 heterocycles. The van der Waals surface area contributed by atoms with Crippen molar-refractivity contribution in [3.8, 4) is 5.75 Å². The first-order chi connectivity index (χ1) is 11.3. The summed E-state index contributed by atoms with van der Waals surface area (Å²) in [6.07, 6.45) is 0. The van der Waals surface area contributed by atoms with E-state index in [0.29, 0.717) is 0 Å². The maximum absolute atomic E-state index is 6.16. The SMILES string of the molecule is COc1ccc2oc3c4cc5ccccc5cc4ccc3c2c1. The number of hydrogen-bond acceptors (Lipinski definition) is 2. The zero-order chi connectivity index (χ0) is 15.4. The molecule has 0 radical (unpaired) electrons. The highest BCUT2D eigenvalue weighted by Crippen LogP contribution is 2.36. The zero-order valence-electron chi connectivity index (χ0n) is 12.7. The van der Waals surface area contributed by atoms with Crippen LogP contribution in [0.4, 0.5) is 0 Å². The summed E-state index contributed by atoms with van der Waals surface area (Å²) < 4.78 is 11.5. The fourth-order valence-corrected chi connectivity index (χ4v) is 3.35. The van der Waals surface area contributed by atoms with Crippen LogP contribution in [0.25, 0.3) is 43.5 Å². The first-order valence-electron chi connectivity index (χ1n) is 7.65. The molecular formula is C21H14O2. The summed E-state index contributed by atoms with van der Waals surface area (Å²) in [6, 6.07) is 23.1. The quantitative estimate of drug-likeness (QED) is 0.359. The van der Waals surface area contributed by atoms with Crippen molar-refractivity contribution < 1.29 is 9.15 Å². The molecule has 0 saturated heterocycles. The zero-order valence-corrected chi connectivity index (χ0v) is 12.7. The van der Waals surface area contributed by atoms with Gasteiger partial charge in [0.15, 0.2) is 0 Å². The molecule has 23 heavy (non-hydrogen) atoms. The Morgan fingerprint density at radius 2 is 1.52 bits per heavy atom. The Balaban J connectivity index is 1.96. The molecule has 1 aromatic heterocycles. The van der Waals surface area contributed by atoms with Gasteiger partial charge < -0.3 is 9.15 Å². The molecule has 0 N–H and O–H groups in total. The van der Waals surface area contributed by atoms with Crippen LogP contribution in [-0.4, -0.2) is 7.11 Å². The lowest BCUT2D eigenvalue weighted by Gasteiger charge is -2.03. The van der Waals surface area contributed by atoms with Crippen molar-refractivity contribution in [1.29, 1.82) is 0 Å². The number of furan rings is 1. The average Bonchev–Trinajstić information content (AvgIpc) is 2.98. The molecule has 0 aliphatic rings. The van der Waals surface area contributed by atoms with Gasteiger partial charge in [-0.25, -0.2) is 0 Å². The smallest absolute Gasteiger partial charge is 0.143 e. The molecule has 2 nitrogen and oxygen atoms in total. The lowest BCUT2D eigenvalue weighted by molar-refractivity contribution is 0.415. The third-order valence-electron chi connectivity index (χ3n) is 4.53. The summed E-state index contributed by atoms with van der Waals surface area (Å²) in [5.74, 6) is 0.846. The summed E-state index contributed by atoms with van der Waals surface area (Å²) in [6.45, 7) is 0. The summed E-state index contributed by atoms with van der Waals surface area (Å²) in [5.41, 5.74) is 1.83. The van der Waals surface area contributed by atoms with Gasteiger partial charge in [0.25, 0.3) is 0 Å².